The van der Waals surface area contributed by atoms with Gasteiger partial charge in [-0.05, 0) is 42.0 Å². The fraction of sp³-hybridized carbons (Fsp3) is 0.0588. The summed E-state index contributed by atoms with van der Waals surface area (Å²) < 4.78 is 14.7. The molecule has 0 saturated heterocycles. The summed E-state index contributed by atoms with van der Waals surface area (Å²) in [7, 11) is 0. The van der Waals surface area contributed by atoms with E-state index >= 15 is 0 Å². The van der Waals surface area contributed by atoms with Crippen LogP contribution in [0.15, 0.2) is 54.7 Å². The molecule has 0 saturated carbocycles. The molecule has 0 atom stereocenters. The lowest BCUT2D eigenvalue weighted by Crippen LogP contribution is -2.19. The normalized spacial score (nSPS) is 10.5. The van der Waals surface area contributed by atoms with Crippen LogP contribution in [0.3, 0.4) is 0 Å². The molecule has 0 radical (unpaired) electrons. The summed E-state index contributed by atoms with van der Waals surface area (Å²) in [6.07, 6.45) is 1.81. The third kappa shape index (κ3) is 4.69. The van der Waals surface area contributed by atoms with Gasteiger partial charge in [0.2, 0.25) is 0 Å². The van der Waals surface area contributed by atoms with Gasteiger partial charge in [-0.25, -0.2) is 4.39 Å². The Bertz CT molecular complexity index is 896. The average Bonchev–Trinajstić information content (AvgIpc) is 3.01. The molecule has 0 spiro atoms. The minimum atomic E-state index is -0.261. The number of benzene rings is 2. The minimum Gasteiger partial charge on any atom is -0.331 e. The first kappa shape index (κ1) is 17.7. The van der Waals surface area contributed by atoms with Gasteiger partial charge in [-0.2, -0.15) is 5.10 Å². The number of thiocarbonyl (C=S) groups is 1. The van der Waals surface area contributed by atoms with Gasteiger partial charge < -0.3 is 10.6 Å². The molecule has 0 unspecified atom stereocenters. The number of nitrogens with zero attached hydrogens (tertiary/aromatic N) is 2. The summed E-state index contributed by atoms with van der Waals surface area (Å²) in [5, 5.41) is 11.5. The molecule has 4 nitrogen and oxygen atoms in total. The number of hydrogen-bond acceptors (Lipinski definition) is 2. The number of aromatic nitrogens is 2. The van der Waals surface area contributed by atoms with Crippen molar-refractivity contribution in [3.05, 3.63) is 76.2 Å². The van der Waals surface area contributed by atoms with E-state index in [1.165, 1.54) is 12.1 Å². The number of nitrogens with one attached hydrogen (secondary N) is 2. The van der Waals surface area contributed by atoms with Crippen LogP contribution in [-0.2, 0) is 6.54 Å². The monoisotopic (exact) mass is 394 g/mol. The largest absolute Gasteiger partial charge is 0.331 e. The highest BCUT2D eigenvalue weighted by Crippen LogP contribution is 2.29. The van der Waals surface area contributed by atoms with E-state index in [9.17, 15) is 4.39 Å². The first-order chi connectivity index (χ1) is 12.0. The van der Waals surface area contributed by atoms with E-state index in [1.54, 1.807) is 47.3 Å². The number of rotatable bonds is 4. The molecule has 2 aromatic carbocycles. The summed E-state index contributed by atoms with van der Waals surface area (Å²) in [4.78, 5) is 0. The fourth-order valence-electron chi connectivity index (χ4n) is 2.16. The smallest absolute Gasteiger partial charge is 0.176 e. The zero-order chi connectivity index (χ0) is 17.8. The SMILES string of the molecule is Fc1ccc(Cn2ccc(NC(=S)Nc3cccc(Cl)c3Cl)n2)cc1. The molecule has 0 amide bonds. The predicted molar refractivity (Wildman–Crippen MR) is 104 cm³/mol. The van der Waals surface area contributed by atoms with Crippen molar-refractivity contribution in [3.8, 4) is 0 Å². The molecule has 1 aromatic heterocycles. The van der Waals surface area contributed by atoms with Gasteiger partial charge in [0, 0.05) is 12.3 Å². The van der Waals surface area contributed by atoms with Crippen molar-refractivity contribution in [2.24, 2.45) is 0 Å². The molecule has 0 fully saturated rings. The molecule has 3 rings (SSSR count). The Morgan fingerprint density at radius 2 is 1.84 bits per heavy atom. The van der Waals surface area contributed by atoms with E-state index in [2.05, 4.69) is 15.7 Å². The van der Waals surface area contributed by atoms with Crippen molar-refractivity contribution in [1.29, 1.82) is 0 Å². The topological polar surface area (TPSA) is 41.9 Å². The van der Waals surface area contributed by atoms with Crippen LogP contribution < -0.4 is 10.6 Å². The second-order valence-corrected chi connectivity index (χ2v) is 6.40. The third-order valence-electron chi connectivity index (χ3n) is 3.34. The molecule has 8 heteroatoms. The van der Waals surface area contributed by atoms with Crippen LogP contribution in [0.4, 0.5) is 15.9 Å². The van der Waals surface area contributed by atoms with Crippen LogP contribution in [0.25, 0.3) is 0 Å². The maximum Gasteiger partial charge on any atom is 0.176 e. The van der Waals surface area contributed by atoms with E-state index in [4.69, 9.17) is 35.4 Å². The number of anilines is 2. The Balaban J connectivity index is 1.61. The summed E-state index contributed by atoms with van der Waals surface area (Å²) in [5.74, 6) is 0.320. The summed E-state index contributed by atoms with van der Waals surface area (Å²) in [6, 6.07) is 13.3. The summed E-state index contributed by atoms with van der Waals surface area (Å²) in [6.45, 7) is 0.530. The first-order valence-corrected chi connectivity index (χ1v) is 8.47. The lowest BCUT2D eigenvalue weighted by Gasteiger charge is -2.10. The van der Waals surface area contributed by atoms with Crippen molar-refractivity contribution >= 4 is 52.0 Å². The van der Waals surface area contributed by atoms with E-state index in [0.29, 0.717) is 33.2 Å². The van der Waals surface area contributed by atoms with Crippen molar-refractivity contribution in [3.63, 3.8) is 0 Å². The number of hydrogen-bond donors (Lipinski definition) is 2. The van der Waals surface area contributed by atoms with Crippen molar-refractivity contribution in [2.75, 3.05) is 10.6 Å². The highest BCUT2D eigenvalue weighted by molar-refractivity contribution is 7.80. The predicted octanol–water partition coefficient (Wildman–Crippen LogP) is 5.19. The van der Waals surface area contributed by atoms with E-state index < -0.39 is 0 Å². The Morgan fingerprint density at radius 3 is 2.60 bits per heavy atom. The molecule has 3 aromatic rings. The van der Waals surface area contributed by atoms with Crippen LogP contribution in [0.2, 0.25) is 10.0 Å². The van der Waals surface area contributed by atoms with Crippen molar-refractivity contribution in [2.45, 2.75) is 6.54 Å². The summed E-state index contributed by atoms with van der Waals surface area (Å²) in [5.41, 5.74) is 1.56. The van der Waals surface area contributed by atoms with Gasteiger partial charge >= 0.3 is 0 Å². The lowest BCUT2D eigenvalue weighted by molar-refractivity contribution is 0.624. The maximum absolute atomic E-state index is 12.9. The Labute approximate surface area is 159 Å². The van der Waals surface area contributed by atoms with Gasteiger partial charge in [0.25, 0.3) is 0 Å². The molecule has 0 aliphatic heterocycles. The lowest BCUT2D eigenvalue weighted by atomic mass is 10.2. The second kappa shape index (κ2) is 7.82. The quantitative estimate of drug-likeness (QED) is 0.597. The summed E-state index contributed by atoms with van der Waals surface area (Å²) >= 11 is 17.3. The molecule has 0 bridgehead atoms. The van der Waals surface area contributed by atoms with Crippen LogP contribution in [-0.4, -0.2) is 14.9 Å². The molecule has 0 aliphatic carbocycles. The van der Waals surface area contributed by atoms with E-state index in [0.717, 1.165) is 5.56 Å². The molecule has 1 heterocycles. The standard InChI is InChI=1S/C17H13Cl2FN4S/c18-13-2-1-3-14(16(13)19)21-17(25)22-15-8-9-24(23-15)10-11-4-6-12(20)7-5-11/h1-9H,10H2,(H2,21,22,23,25). The average molecular weight is 395 g/mol. The third-order valence-corrected chi connectivity index (χ3v) is 4.36. The zero-order valence-electron chi connectivity index (χ0n) is 12.8. The zero-order valence-corrected chi connectivity index (χ0v) is 15.2. The highest BCUT2D eigenvalue weighted by Gasteiger charge is 2.07. The Morgan fingerprint density at radius 1 is 1.08 bits per heavy atom. The second-order valence-electron chi connectivity index (χ2n) is 5.21. The molecule has 25 heavy (non-hydrogen) atoms. The molecular weight excluding hydrogens is 382 g/mol. The van der Waals surface area contributed by atoms with Gasteiger partial charge in [-0.1, -0.05) is 41.4 Å². The molecule has 128 valence electrons. The van der Waals surface area contributed by atoms with E-state index in [1.807, 2.05) is 0 Å². The van der Waals surface area contributed by atoms with Crippen molar-refractivity contribution < 1.29 is 4.39 Å². The van der Waals surface area contributed by atoms with E-state index in [-0.39, 0.29) is 5.82 Å². The van der Waals surface area contributed by atoms with Gasteiger partial charge in [-0.3, -0.25) is 4.68 Å². The van der Waals surface area contributed by atoms with Gasteiger partial charge in [0.15, 0.2) is 10.9 Å². The fourth-order valence-corrected chi connectivity index (χ4v) is 2.73. The van der Waals surface area contributed by atoms with Gasteiger partial charge in [0.1, 0.15) is 5.82 Å². The Kier molecular flexibility index (Phi) is 5.53. The molecule has 0 aliphatic rings. The highest BCUT2D eigenvalue weighted by atomic mass is 35.5. The van der Waals surface area contributed by atoms with Gasteiger partial charge in [-0.15, -0.1) is 0 Å². The molecular formula is C17H13Cl2FN4S. The van der Waals surface area contributed by atoms with Crippen LogP contribution in [0, 0.1) is 5.82 Å². The van der Waals surface area contributed by atoms with Gasteiger partial charge in [0.05, 0.1) is 22.3 Å². The van der Waals surface area contributed by atoms with Crippen LogP contribution in [0.5, 0.6) is 0 Å². The number of halogens is 3. The van der Waals surface area contributed by atoms with Crippen molar-refractivity contribution in [1.82, 2.24) is 9.78 Å². The van der Waals surface area contributed by atoms with Crippen LogP contribution in [0.1, 0.15) is 5.56 Å². The minimum absolute atomic E-state index is 0.261. The Hall–Kier alpha value is -2.15. The van der Waals surface area contributed by atoms with Crippen LogP contribution >= 0.6 is 35.4 Å². The maximum atomic E-state index is 12.9. The first-order valence-electron chi connectivity index (χ1n) is 7.31. The molecule has 2 N–H and O–H groups in total.